The van der Waals surface area contributed by atoms with E-state index in [1.165, 1.54) is 6.07 Å². The number of carbonyl (C=O) groups excluding carboxylic acids is 1. The van der Waals surface area contributed by atoms with E-state index in [9.17, 15) is 14.9 Å². The Morgan fingerprint density at radius 1 is 1.56 bits per heavy atom. The minimum Gasteiger partial charge on any atom is -0.351 e. The lowest BCUT2D eigenvalue weighted by atomic mass is 10.1. The molecule has 1 amide bonds. The highest BCUT2D eigenvalue weighted by atomic mass is 16.6. The van der Waals surface area contributed by atoms with Crippen molar-refractivity contribution in [3.8, 4) is 0 Å². The zero-order valence-electron chi connectivity index (χ0n) is 8.90. The summed E-state index contributed by atoms with van der Waals surface area (Å²) in [6.45, 7) is 2.19. The fraction of sp³-hybridized carbons (Fsp3) is 0.300. The number of nitro benzene ring substituents is 1. The maximum absolute atomic E-state index is 11.6. The zero-order valence-corrected chi connectivity index (χ0v) is 8.90. The number of nitro groups is 1. The molecule has 0 aliphatic heterocycles. The number of benzene rings is 1. The van der Waals surface area contributed by atoms with Gasteiger partial charge in [-0.3, -0.25) is 14.9 Å². The molecule has 1 rings (SSSR count). The molecular weight excluding hydrogens is 210 g/mol. The second-order valence-corrected chi connectivity index (χ2v) is 3.27. The Bertz CT molecular complexity index is 418. The van der Waals surface area contributed by atoms with Gasteiger partial charge < -0.3 is 11.1 Å². The molecule has 0 saturated carbocycles. The van der Waals surface area contributed by atoms with Gasteiger partial charge in [0.2, 0.25) is 0 Å². The summed E-state index contributed by atoms with van der Waals surface area (Å²) in [5, 5.41) is 13.3. The lowest BCUT2D eigenvalue weighted by Crippen LogP contribution is -2.29. The van der Waals surface area contributed by atoms with E-state index < -0.39 is 10.8 Å². The van der Waals surface area contributed by atoms with Crippen LogP contribution in [0.2, 0.25) is 0 Å². The molecule has 0 aliphatic carbocycles. The second kappa shape index (κ2) is 5.22. The van der Waals surface area contributed by atoms with Gasteiger partial charge in [0.05, 0.1) is 4.92 Å². The number of aryl methyl sites for hydroxylation is 1. The highest BCUT2D eigenvalue weighted by Gasteiger charge is 2.21. The van der Waals surface area contributed by atoms with Crippen LogP contribution < -0.4 is 11.1 Å². The SMILES string of the molecule is Cc1cccc(C(=O)NCCN)c1[N+](=O)[O-]. The zero-order chi connectivity index (χ0) is 12.1. The first-order valence-corrected chi connectivity index (χ1v) is 4.80. The Labute approximate surface area is 92.6 Å². The first-order valence-electron chi connectivity index (χ1n) is 4.80. The molecule has 0 atom stereocenters. The van der Waals surface area contributed by atoms with Gasteiger partial charge in [-0.25, -0.2) is 0 Å². The Morgan fingerprint density at radius 3 is 2.81 bits per heavy atom. The van der Waals surface area contributed by atoms with Crippen molar-refractivity contribution in [2.75, 3.05) is 13.1 Å². The molecule has 0 spiro atoms. The molecule has 0 saturated heterocycles. The van der Waals surface area contributed by atoms with E-state index in [1.807, 2.05) is 0 Å². The van der Waals surface area contributed by atoms with Crippen LogP contribution in [-0.2, 0) is 0 Å². The molecule has 6 heteroatoms. The topological polar surface area (TPSA) is 98.3 Å². The van der Waals surface area contributed by atoms with E-state index in [1.54, 1.807) is 19.1 Å². The monoisotopic (exact) mass is 223 g/mol. The highest BCUT2D eigenvalue weighted by molar-refractivity contribution is 5.98. The number of nitrogens with one attached hydrogen (secondary N) is 1. The van der Waals surface area contributed by atoms with Gasteiger partial charge in [0.1, 0.15) is 5.56 Å². The van der Waals surface area contributed by atoms with Crippen molar-refractivity contribution in [1.29, 1.82) is 0 Å². The van der Waals surface area contributed by atoms with Crippen molar-refractivity contribution >= 4 is 11.6 Å². The quantitative estimate of drug-likeness (QED) is 0.576. The molecule has 0 aliphatic rings. The molecule has 86 valence electrons. The molecule has 1 aromatic rings. The Kier molecular flexibility index (Phi) is 3.96. The fourth-order valence-electron chi connectivity index (χ4n) is 1.37. The number of nitrogens with two attached hydrogens (primary N) is 1. The smallest absolute Gasteiger partial charge is 0.285 e. The van der Waals surface area contributed by atoms with Crippen molar-refractivity contribution in [3.05, 3.63) is 39.4 Å². The average Bonchev–Trinajstić information content (AvgIpc) is 2.24. The number of nitrogens with zero attached hydrogens (tertiary/aromatic N) is 1. The van der Waals surface area contributed by atoms with Gasteiger partial charge in [0.15, 0.2) is 0 Å². The van der Waals surface area contributed by atoms with E-state index in [0.29, 0.717) is 18.7 Å². The van der Waals surface area contributed by atoms with Crippen LogP contribution in [0.1, 0.15) is 15.9 Å². The molecular formula is C10H13N3O3. The third kappa shape index (κ3) is 2.54. The summed E-state index contributed by atoms with van der Waals surface area (Å²) in [6.07, 6.45) is 0. The summed E-state index contributed by atoms with van der Waals surface area (Å²) in [6, 6.07) is 4.63. The lowest BCUT2D eigenvalue weighted by Gasteiger charge is -2.05. The van der Waals surface area contributed by atoms with Crippen LogP contribution in [0, 0.1) is 17.0 Å². The van der Waals surface area contributed by atoms with E-state index >= 15 is 0 Å². The van der Waals surface area contributed by atoms with Crippen LogP contribution in [0.15, 0.2) is 18.2 Å². The van der Waals surface area contributed by atoms with Crippen LogP contribution in [0.3, 0.4) is 0 Å². The molecule has 0 aromatic heterocycles. The van der Waals surface area contributed by atoms with Crippen LogP contribution >= 0.6 is 0 Å². The maximum atomic E-state index is 11.6. The lowest BCUT2D eigenvalue weighted by molar-refractivity contribution is -0.385. The first kappa shape index (κ1) is 12.1. The standard InChI is InChI=1S/C10H13N3O3/c1-7-3-2-4-8(9(7)13(15)16)10(14)12-6-5-11/h2-4H,5-6,11H2,1H3,(H,12,14). The number of para-hydroxylation sites is 1. The number of hydrogen-bond acceptors (Lipinski definition) is 4. The van der Waals surface area contributed by atoms with Gasteiger partial charge in [0.25, 0.3) is 11.6 Å². The normalized spacial score (nSPS) is 9.88. The Balaban J connectivity index is 3.08. The van der Waals surface area contributed by atoms with E-state index in [4.69, 9.17) is 5.73 Å². The summed E-state index contributed by atoms with van der Waals surface area (Å²) < 4.78 is 0. The summed E-state index contributed by atoms with van der Waals surface area (Å²) in [4.78, 5) is 21.9. The molecule has 0 heterocycles. The Hall–Kier alpha value is -1.95. The molecule has 6 nitrogen and oxygen atoms in total. The number of rotatable bonds is 4. The van der Waals surface area contributed by atoms with Gasteiger partial charge in [-0.2, -0.15) is 0 Å². The van der Waals surface area contributed by atoms with Gasteiger partial charge in [0, 0.05) is 18.7 Å². The summed E-state index contributed by atoms with van der Waals surface area (Å²) in [5.41, 5.74) is 5.61. The van der Waals surface area contributed by atoms with E-state index in [-0.39, 0.29) is 11.3 Å². The molecule has 0 bridgehead atoms. The van der Waals surface area contributed by atoms with Gasteiger partial charge >= 0.3 is 0 Å². The molecule has 1 aromatic carbocycles. The molecule has 0 fully saturated rings. The highest BCUT2D eigenvalue weighted by Crippen LogP contribution is 2.22. The fourth-order valence-corrected chi connectivity index (χ4v) is 1.37. The van der Waals surface area contributed by atoms with Crippen LogP contribution in [0.25, 0.3) is 0 Å². The number of hydrogen-bond donors (Lipinski definition) is 2. The number of amides is 1. The third-order valence-corrected chi connectivity index (χ3v) is 2.09. The van der Waals surface area contributed by atoms with Crippen molar-refractivity contribution in [1.82, 2.24) is 5.32 Å². The summed E-state index contributed by atoms with van der Waals surface area (Å²) in [7, 11) is 0. The maximum Gasteiger partial charge on any atom is 0.285 e. The second-order valence-electron chi connectivity index (χ2n) is 3.27. The molecule has 16 heavy (non-hydrogen) atoms. The van der Waals surface area contributed by atoms with Gasteiger partial charge in [-0.05, 0) is 13.0 Å². The minimum atomic E-state index is -0.549. The van der Waals surface area contributed by atoms with Crippen molar-refractivity contribution in [2.45, 2.75) is 6.92 Å². The van der Waals surface area contributed by atoms with Crippen LogP contribution in [0.5, 0.6) is 0 Å². The predicted molar refractivity (Wildman–Crippen MR) is 59.2 cm³/mol. The number of carbonyl (C=O) groups is 1. The molecule has 0 unspecified atom stereocenters. The van der Waals surface area contributed by atoms with Crippen LogP contribution in [-0.4, -0.2) is 23.9 Å². The van der Waals surface area contributed by atoms with Gasteiger partial charge in [-0.15, -0.1) is 0 Å². The van der Waals surface area contributed by atoms with Gasteiger partial charge in [-0.1, -0.05) is 12.1 Å². The minimum absolute atomic E-state index is 0.0680. The van der Waals surface area contributed by atoms with E-state index in [2.05, 4.69) is 5.32 Å². The Morgan fingerprint density at radius 2 is 2.25 bits per heavy atom. The summed E-state index contributed by atoms with van der Waals surface area (Å²) in [5.74, 6) is -0.471. The van der Waals surface area contributed by atoms with Crippen molar-refractivity contribution in [3.63, 3.8) is 0 Å². The molecule has 0 radical (unpaired) electrons. The third-order valence-electron chi connectivity index (χ3n) is 2.09. The first-order chi connectivity index (χ1) is 7.57. The predicted octanol–water partition coefficient (Wildman–Crippen LogP) is 0.592. The van der Waals surface area contributed by atoms with Crippen LogP contribution in [0.4, 0.5) is 5.69 Å². The van der Waals surface area contributed by atoms with E-state index in [0.717, 1.165) is 0 Å². The average molecular weight is 223 g/mol. The van der Waals surface area contributed by atoms with Crippen molar-refractivity contribution in [2.24, 2.45) is 5.73 Å². The summed E-state index contributed by atoms with van der Waals surface area (Å²) >= 11 is 0. The molecule has 3 N–H and O–H groups in total. The largest absolute Gasteiger partial charge is 0.351 e. The van der Waals surface area contributed by atoms with Crippen molar-refractivity contribution < 1.29 is 9.72 Å².